The second-order valence-electron chi connectivity index (χ2n) is 6.88. The lowest BCUT2D eigenvalue weighted by Gasteiger charge is -2.19. The Bertz CT molecular complexity index is 976. The maximum Gasteiger partial charge on any atom is 0.261 e. The number of ether oxygens (including phenoxy) is 3. The molecule has 1 atom stereocenters. The van der Waals surface area contributed by atoms with Crippen LogP contribution in [-0.2, 0) is 21.4 Å². The van der Waals surface area contributed by atoms with E-state index in [4.69, 9.17) is 14.2 Å². The highest BCUT2D eigenvalue weighted by Crippen LogP contribution is 2.28. The number of anilines is 1. The van der Waals surface area contributed by atoms with Crippen LogP contribution in [0.5, 0.6) is 17.2 Å². The van der Waals surface area contributed by atoms with Crippen LogP contribution >= 0.6 is 0 Å². The van der Waals surface area contributed by atoms with Crippen LogP contribution in [0.15, 0.2) is 42.5 Å². The molecule has 0 aromatic heterocycles. The number of nitrogens with zero attached hydrogens (tertiary/aromatic N) is 1. The minimum absolute atomic E-state index is 0.242. The largest absolute Gasteiger partial charge is 0.493 e. The predicted octanol–water partition coefficient (Wildman–Crippen LogP) is 2.96. The third-order valence-corrected chi connectivity index (χ3v) is 5.84. The molecule has 0 fully saturated rings. The molecule has 0 aliphatic rings. The van der Waals surface area contributed by atoms with Crippen molar-refractivity contribution < 1.29 is 27.4 Å². The number of carbonyl (C=O) groups excluding carboxylic acids is 1. The van der Waals surface area contributed by atoms with Gasteiger partial charge in [0.1, 0.15) is 5.75 Å². The topological polar surface area (TPSA) is 94.2 Å². The molecule has 0 spiro atoms. The number of rotatable bonds is 11. The Balaban J connectivity index is 2.00. The summed E-state index contributed by atoms with van der Waals surface area (Å²) in [6, 6.07) is 12.0. The highest BCUT2D eigenvalue weighted by Gasteiger charge is 2.19. The van der Waals surface area contributed by atoms with Crippen LogP contribution < -0.4 is 23.8 Å². The van der Waals surface area contributed by atoms with Gasteiger partial charge in [-0.2, -0.15) is 0 Å². The van der Waals surface area contributed by atoms with Gasteiger partial charge in [0.05, 0.1) is 25.7 Å². The minimum Gasteiger partial charge on any atom is -0.493 e. The van der Waals surface area contributed by atoms with Crippen molar-refractivity contribution in [1.82, 2.24) is 5.32 Å². The molecule has 9 heteroatoms. The average Bonchev–Trinajstić information content (AvgIpc) is 2.75. The van der Waals surface area contributed by atoms with Crippen LogP contribution in [-0.4, -0.2) is 47.4 Å². The maximum absolute atomic E-state index is 12.6. The molecule has 170 valence electrons. The molecule has 0 aliphatic carbocycles. The summed E-state index contributed by atoms with van der Waals surface area (Å²) in [7, 11) is -0.290. The second kappa shape index (κ2) is 10.9. The fourth-order valence-electron chi connectivity index (χ4n) is 2.82. The van der Waals surface area contributed by atoms with Gasteiger partial charge in [-0.05, 0) is 55.3 Å². The van der Waals surface area contributed by atoms with Gasteiger partial charge in [-0.25, -0.2) is 8.42 Å². The van der Waals surface area contributed by atoms with Gasteiger partial charge in [-0.15, -0.1) is 0 Å². The van der Waals surface area contributed by atoms with E-state index in [1.165, 1.54) is 11.4 Å². The summed E-state index contributed by atoms with van der Waals surface area (Å²) in [4.78, 5) is 12.6. The van der Waals surface area contributed by atoms with Crippen LogP contribution in [0.25, 0.3) is 0 Å². The van der Waals surface area contributed by atoms with Crippen molar-refractivity contribution in [2.75, 3.05) is 31.3 Å². The van der Waals surface area contributed by atoms with E-state index in [9.17, 15) is 13.2 Å². The van der Waals surface area contributed by atoms with Crippen LogP contribution in [0.2, 0.25) is 0 Å². The van der Waals surface area contributed by atoms with E-state index >= 15 is 0 Å². The van der Waals surface area contributed by atoms with Gasteiger partial charge < -0.3 is 19.5 Å². The van der Waals surface area contributed by atoms with Crippen molar-refractivity contribution >= 4 is 21.6 Å². The summed E-state index contributed by atoms with van der Waals surface area (Å²) in [6.45, 7) is 4.58. The van der Waals surface area contributed by atoms with Crippen molar-refractivity contribution in [3.63, 3.8) is 0 Å². The number of methoxy groups -OCH3 is 1. The van der Waals surface area contributed by atoms with Gasteiger partial charge in [0.2, 0.25) is 10.0 Å². The molecule has 0 unspecified atom stereocenters. The lowest BCUT2D eigenvalue weighted by atomic mass is 10.2. The molecule has 2 rings (SSSR count). The summed E-state index contributed by atoms with van der Waals surface area (Å²) in [6.07, 6.45) is 0.932. The quantitative estimate of drug-likeness (QED) is 0.566. The molecule has 2 aromatic carbocycles. The number of hydrogen-bond acceptors (Lipinski definition) is 6. The van der Waals surface area contributed by atoms with Crippen molar-refractivity contribution in [2.24, 2.45) is 0 Å². The zero-order valence-electron chi connectivity index (χ0n) is 18.5. The third kappa shape index (κ3) is 6.78. The number of benzene rings is 2. The molecule has 0 bridgehead atoms. The first-order valence-electron chi connectivity index (χ1n) is 9.97. The molecule has 0 saturated heterocycles. The zero-order chi connectivity index (χ0) is 23.0. The predicted molar refractivity (Wildman–Crippen MR) is 120 cm³/mol. The Kier molecular flexibility index (Phi) is 8.56. The Morgan fingerprint density at radius 1 is 1.10 bits per heavy atom. The highest BCUT2D eigenvalue weighted by molar-refractivity contribution is 7.92. The molecule has 1 N–H and O–H groups in total. The van der Waals surface area contributed by atoms with Crippen molar-refractivity contribution in [2.45, 2.75) is 32.9 Å². The molecular weight excluding hydrogens is 420 g/mol. The molecule has 0 radical (unpaired) electrons. The molecule has 1 amide bonds. The summed E-state index contributed by atoms with van der Waals surface area (Å²) in [5.74, 6) is 1.50. The van der Waals surface area contributed by atoms with E-state index in [-0.39, 0.29) is 5.91 Å². The minimum atomic E-state index is -3.34. The standard InChI is InChI=1S/C22H30N2O6S/c1-6-19(30-18-11-9-17(10-12-18)24(3)31(5,26)27)22(25)23-15-16-8-13-20(28-4)21(14-16)29-7-2/h8-14,19H,6-7,15H2,1-5H3,(H,23,25)/t19-/m1/s1. The van der Waals surface area contributed by atoms with Crippen LogP contribution in [0.4, 0.5) is 5.69 Å². The van der Waals surface area contributed by atoms with Crippen molar-refractivity contribution in [3.8, 4) is 17.2 Å². The molecule has 0 saturated carbocycles. The van der Waals surface area contributed by atoms with E-state index in [0.29, 0.717) is 42.5 Å². The van der Waals surface area contributed by atoms with E-state index in [2.05, 4.69) is 5.32 Å². The molecule has 0 heterocycles. The van der Waals surface area contributed by atoms with Gasteiger partial charge in [0.25, 0.3) is 5.91 Å². The van der Waals surface area contributed by atoms with E-state index in [1.54, 1.807) is 37.4 Å². The number of nitrogens with one attached hydrogen (secondary N) is 1. The van der Waals surface area contributed by atoms with Crippen LogP contribution in [0.3, 0.4) is 0 Å². The number of carbonyl (C=O) groups is 1. The number of amides is 1. The maximum atomic E-state index is 12.6. The van der Waals surface area contributed by atoms with E-state index in [1.807, 2.05) is 26.0 Å². The first kappa shape index (κ1) is 24.3. The Morgan fingerprint density at radius 2 is 1.77 bits per heavy atom. The first-order chi connectivity index (χ1) is 14.7. The highest BCUT2D eigenvalue weighted by atomic mass is 32.2. The lowest BCUT2D eigenvalue weighted by Crippen LogP contribution is -2.37. The molecule has 8 nitrogen and oxygen atoms in total. The first-order valence-corrected chi connectivity index (χ1v) is 11.8. The van der Waals surface area contributed by atoms with Gasteiger partial charge in [0.15, 0.2) is 17.6 Å². The van der Waals surface area contributed by atoms with Crippen LogP contribution in [0, 0.1) is 0 Å². The van der Waals surface area contributed by atoms with Gasteiger partial charge in [0, 0.05) is 13.6 Å². The molecule has 2 aromatic rings. The zero-order valence-corrected chi connectivity index (χ0v) is 19.4. The Hall–Kier alpha value is -2.94. The number of sulfonamides is 1. The SMILES string of the molecule is CCOc1cc(CNC(=O)[C@@H](CC)Oc2ccc(N(C)S(C)(=O)=O)cc2)ccc1OC. The summed E-state index contributed by atoms with van der Waals surface area (Å²) >= 11 is 0. The second-order valence-corrected chi connectivity index (χ2v) is 8.89. The number of hydrogen-bond donors (Lipinski definition) is 1. The lowest BCUT2D eigenvalue weighted by molar-refractivity contribution is -0.128. The van der Waals surface area contributed by atoms with E-state index in [0.717, 1.165) is 11.8 Å². The monoisotopic (exact) mass is 450 g/mol. The van der Waals surface area contributed by atoms with Gasteiger partial charge in [-0.3, -0.25) is 9.10 Å². The Morgan fingerprint density at radius 3 is 2.32 bits per heavy atom. The van der Waals surface area contributed by atoms with Crippen molar-refractivity contribution in [3.05, 3.63) is 48.0 Å². The molecular formula is C22H30N2O6S. The smallest absolute Gasteiger partial charge is 0.261 e. The summed E-state index contributed by atoms with van der Waals surface area (Å²) < 4.78 is 41.1. The fraction of sp³-hybridized carbons (Fsp3) is 0.409. The van der Waals surface area contributed by atoms with Crippen molar-refractivity contribution in [1.29, 1.82) is 0 Å². The van der Waals surface area contributed by atoms with E-state index < -0.39 is 16.1 Å². The van der Waals surface area contributed by atoms with Gasteiger partial charge >= 0.3 is 0 Å². The molecule has 31 heavy (non-hydrogen) atoms. The molecule has 0 aliphatic heterocycles. The van der Waals surface area contributed by atoms with Crippen LogP contribution in [0.1, 0.15) is 25.8 Å². The fourth-order valence-corrected chi connectivity index (χ4v) is 3.32. The van der Waals surface area contributed by atoms with Gasteiger partial charge in [-0.1, -0.05) is 13.0 Å². The average molecular weight is 451 g/mol. The Labute approximate surface area is 184 Å². The summed E-state index contributed by atoms with van der Waals surface area (Å²) in [5, 5.41) is 2.88. The third-order valence-electron chi connectivity index (χ3n) is 4.63. The summed E-state index contributed by atoms with van der Waals surface area (Å²) in [5.41, 5.74) is 1.39. The normalized spacial score (nSPS) is 12.0.